The molecule has 0 radical (unpaired) electrons. The molecule has 1 aliphatic rings. The number of amides is 3. The summed E-state index contributed by atoms with van der Waals surface area (Å²) < 4.78 is 10.5. The lowest BCUT2D eigenvalue weighted by molar-refractivity contribution is 0.0656. The summed E-state index contributed by atoms with van der Waals surface area (Å²) in [4.78, 5) is 43.4. The van der Waals surface area contributed by atoms with Crippen molar-refractivity contribution < 1.29 is 23.9 Å². The zero-order chi connectivity index (χ0) is 22.7. The first-order chi connectivity index (χ1) is 15.5. The Balaban J connectivity index is 1.48. The molecule has 0 aliphatic carbocycles. The molecule has 4 rings (SSSR count). The highest BCUT2D eigenvalue weighted by atomic mass is 16.5. The number of fused-ring (bicyclic) bond motifs is 1. The van der Waals surface area contributed by atoms with Gasteiger partial charge in [-0.2, -0.15) is 0 Å². The zero-order valence-corrected chi connectivity index (χ0v) is 17.6. The molecule has 1 aromatic heterocycles. The van der Waals surface area contributed by atoms with Gasteiger partial charge in [0, 0.05) is 18.3 Å². The number of nitrogens with zero attached hydrogens (tertiary/aromatic N) is 2. The fraction of sp³-hybridized carbons (Fsp3) is 0.167. The molecule has 0 saturated heterocycles. The standard InChI is InChI=1S/C24H21N3O5/c1-31-19-9-6-15(13-20(19)32-2)10-12-27-23(29)17-8-7-16(14-18(17)24(27)30)22(28)26-21-5-3-4-11-25-21/h3-9,11,13-14H,10,12H2,1-2H3,(H,25,26,28). The molecule has 0 bridgehead atoms. The second kappa shape index (κ2) is 8.89. The number of benzene rings is 2. The third kappa shape index (κ3) is 4.02. The average molecular weight is 431 g/mol. The number of ether oxygens (including phenoxy) is 2. The van der Waals surface area contributed by atoms with Crippen LogP contribution in [0.5, 0.6) is 11.5 Å². The van der Waals surface area contributed by atoms with Gasteiger partial charge in [0.05, 0.1) is 25.3 Å². The molecule has 8 nitrogen and oxygen atoms in total. The number of rotatable bonds is 7. The maximum absolute atomic E-state index is 12.9. The van der Waals surface area contributed by atoms with Crippen molar-refractivity contribution in [3.63, 3.8) is 0 Å². The lowest BCUT2D eigenvalue weighted by Crippen LogP contribution is -2.31. The number of nitrogens with one attached hydrogen (secondary N) is 1. The van der Waals surface area contributed by atoms with Crippen LogP contribution in [0.1, 0.15) is 36.6 Å². The van der Waals surface area contributed by atoms with Crippen molar-refractivity contribution in [3.05, 3.63) is 83.0 Å². The number of anilines is 1. The van der Waals surface area contributed by atoms with E-state index >= 15 is 0 Å². The van der Waals surface area contributed by atoms with E-state index in [0.29, 0.717) is 23.7 Å². The second-order valence-electron chi connectivity index (χ2n) is 7.13. The van der Waals surface area contributed by atoms with Crippen LogP contribution in [-0.4, -0.2) is 48.4 Å². The fourth-order valence-corrected chi connectivity index (χ4v) is 3.54. The van der Waals surface area contributed by atoms with Crippen LogP contribution in [0.15, 0.2) is 60.8 Å². The summed E-state index contributed by atoms with van der Waals surface area (Å²) in [7, 11) is 3.11. The molecule has 0 saturated carbocycles. The summed E-state index contributed by atoms with van der Waals surface area (Å²) in [5, 5.41) is 2.67. The first kappa shape index (κ1) is 21.0. The van der Waals surface area contributed by atoms with E-state index in [-0.39, 0.29) is 29.1 Å². The maximum Gasteiger partial charge on any atom is 0.261 e. The number of pyridine rings is 1. The van der Waals surface area contributed by atoms with E-state index < -0.39 is 11.8 Å². The Bertz CT molecular complexity index is 1190. The first-order valence-corrected chi connectivity index (χ1v) is 9.95. The lowest BCUT2D eigenvalue weighted by Gasteiger charge is -2.14. The molecular weight excluding hydrogens is 410 g/mol. The summed E-state index contributed by atoms with van der Waals surface area (Å²) in [5.41, 5.74) is 1.68. The van der Waals surface area contributed by atoms with E-state index in [1.807, 2.05) is 12.1 Å². The van der Waals surface area contributed by atoms with E-state index in [9.17, 15) is 14.4 Å². The van der Waals surface area contributed by atoms with Crippen LogP contribution in [-0.2, 0) is 6.42 Å². The van der Waals surface area contributed by atoms with Crippen LogP contribution < -0.4 is 14.8 Å². The van der Waals surface area contributed by atoms with Crippen molar-refractivity contribution in [2.75, 3.05) is 26.1 Å². The van der Waals surface area contributed by atoms with Gasteiger partial charge in [-0.25, -0.2) is 4.98 Å². The third-order valence-electron chi connectivity index (χ3n) is 5.21. The predicted molar refractivity (Wildman–Crippen MR) is 117 cm³/mol. The van der Waals surface area contributed by atoms with Gasteiger partial charge in [-0.3, -0.25) is 19.3 Å². The van der Waals surface area contributed by atoms with E-state index in [4.69, 9.17) is 9.47 Å². The summed E-state index contributed by atoms with van der Waals surface area (Å²) in [6.45, 7) is 0.206. The normalized spacial score (nSPS) is 12.5. The van der Waals surface area contributed by atoms with Gasteiger partial charge < -0.3 is 14.8 Å². The van der Waals surface area contributed by atoms with Crippen molar-refractivity contribution in [2.45, 2.75) is 6.42 Å². The van der Waals surface area contributed by atoms with Crippen molar-refractivity contribution in [1.82, 2.24) is 9.88 Å². The minimum Gasteiger partial charge on any atom is -0.493 e. The molecule has 0 atom stereocenters. The molecule has 3 aromatic rings. The Morgan fingerprint density at radius 3 is 2.44 bits per heavy atom. The predicted octanol–water partition coefficient (Wildman–Crippen LogP) is 3.19. The molecule has 1 N–H and O–H groups in total. The highest BCUT2D eigenvalue weighted by Crippen LogP contribution is 2.29. The molecule has 2 heterocycles. The van der Waals surface area contributed by atoms with Gasteiger partial charge in [0.2, 0.25) is 0 Å². The van der Waals surface area contributed by atoms with Gasteiger partial charge in [-0.05, 0) is 54.4 Å². The Kier molecular flexibility index (Phi) is 5.85. The van der Waals surface area contributed by atoms with Crippen LogP contribution in [0.4, 0.5) is 5.82 Å². The summed E-state index contributed by atoms with van der Waals surface area (Å²) in [5.74, 6) is 0.386. The molecule has 162 valence electrons. The topological polar surface area (TPSA) is 97.8 Å². The van der Waals surface area contributed by atoms with Crippen LogP contribution in [0.3, 0.4) is 0 Å². The number of methoxy groups -OCH3 is 2. The van der Waals surface area contributed by atoms with Gasteiger partial charge >= 0.3 is 0 Å². The number of aromatic nitrogens is 1. The molecule has 32 heavy (non-hydrogen) atoms. The van der Waals surface area contributed by atoms with Crippen molar-refractivity contribution in [3.8, 4) is 11.5 Å². The highest BCUT2D eigenvalue weighted by molar-refractivity contribution is 6.22. The molecule has 1 aliphatic heterocycles. The molecular formula is C24H21N3O5. The number of imide groups is 1. The van der Waals surface area contributed by atoms with Gasteiger partial charge in [-0.1, -0.05) is 12.1 Å². The first-order valence-electron chi connectivity index (χ1n) is 9.95. The molecule has 2 aromatic carbocycles. The van der Waals surface area contributed by atoms with Crippen molar-refractivity contribution in [2.24, 2.45) is 0 Å². The summed E-state index contributed by atoms with van der Waals surface area (Å²) >= 11 is 0. The van der Waals surface area contributed by atoms with Gasteiger partial charge in [0.1, 0.15) is 5.82 Å². The Labute approximate surface area is 184 Å². The lowest BCUT2D eigenvalue weighted by atomic mass is 10.1. The van der Waals surface area contributed by atoms with Crippen LogP contribution >= 0.6 is 0 Å². The number of hydrogen-bond acceptors (Lipinski definition) is 6. The largest absolute Gasteiger partial charge is 0.493 e. The van der Waals surface area contributed by atoms with E-state index in [2.05, 4.69) is 10.3 Å². The van der Waals surface area contributed by atoms with Crippen molar-refractivity contribution >= 4 is 23.5 Å². The van der Waals surface area contributed by atoms with Crippen LogP contribution in [0, 0.1) is 0 Å². The number of hydrogen-bond donors (Lipinski definition) is 1. The summed E-state index contributed by atoms with van der Waals surface area (Å²) in [6, 6.07) is 15.1. The highest BCUT2D eigenvalue weighted by Gasteiger charge is 2.35. The second-order valence-corrected chi connectivity index (χ2v) is 7.13. The van der Waals surface area contributed by atoms with Crippen molar-refractivity contribution in [1.29, 1.82) is 0 Å². The number of carbonyl (C=O) groups is 3. The Morgan fingerprint density at radius 2 is 1.72 bits per heavy atom. The third-order valence-corrected chi connectivity index (χ3v) is 5.21. The Hall–Kier alpha value is -4.20. The van der Waals surface area contributed by atoms with Gasteiger partial charge in [0.15, 0.2) is 11.5 Å². The Morgan fingerprint density at radius 1 is 0.938 bits per heavy atom. The summed E-state index contributed by atoms with van der Waals surface area (Å²) in [6.07, 6.45) is 2.02. The monoisotopic (exact) mass is 431 g/mol. The minimum absolute atomic E-state index is 0.206. The van der Waals surface area contributed by atoms with Gasteiger partial charge in [0.25, 0.3) is 17.7 Å². The SMILES string of the molecule is COc1ccc(CCN2C(=O)c3ccc(C(=O)Nc4ccccn4)cc3C2=O)cc1OC. The minimum atomic E-state index is -0.419. The maximum atomic E-state index is 12.9. The van der Waals surface area contributed by atoms with E-state index in [1.165, 1.54) is 23.1 Å². The molecule has 0 spiro atoms. The fourth-order valence-electron chi connectivity index (χ4n) is 3.54. The molecule has 0 unspecified atom stereocenters. The van der Waals surface area contributed by atoms with Crippen LogP contribution in [0.2, 0.25) is 0 Å². The number of carbonyl (C=O) groups excluding carboxylic acids is 3. The van der Waals surface area contributed by atoms with Gasteiger partial charge in [-0.15, -0.1) is 0 Å². The average Bonchev–Trinajstić information content (AvgIpc) is 3.07. The van der Waals surface area contributed by atoms with E-state index in [0.717, 1.165) is 5.56 Å². The quantitative estimate of drug-likeness (QED) is 0.577. The smallest absolute Gasteiger partial charge is 0.261 e. The molecule has 8 heteroatoms. The molecule has 3 amide bonds. The molecule has 0 fully saturated rings. The van der Waals surface area contributed by atoms with E-state index in [1.54, 1.807) is 44.7 Å². The van der Waals surface area contributed by atoms with Crippen LogP contribution in [0.25, 0.3) is 0 Å². The zero-order valence-electron chi connectivity index (χ0n) is 17.6.